The highest BCUT2D eigenvalue weighted by Gasteiger charge is 2.12. The van der Waals surface area contributed by atoms with Crippen LogP contribution in [0.2, 0.25) is 0 Å². The second-order valence-electron chi connectivity index (χ2n) is 3.71. The van der Waals surface area contributed by atoms with Gasteiger partial charge in [0.1, 0.15) is 0 Å². The number of carbonyl (C=O) groups excluding carboxylic acids is 1. The topological polar surface area (TPSA) is 122 Å². The van der Waals surface area contributed by atoms with Crippen molar-refractivity contribution in [3.05, 3.63) is 50.1 Å². The molecule has 0 heterocycles. The minimum absolute atomic E-state index is 0.0581. The summed E-state index contributed by atoms with van der Waals surface area (Å²) < 4.78 is 4.88. The number of nitrogens with zero attached hydrogens (tertiary/aromatic N) is 2. The summed E-state index contributed by atoms with van der Waals surface area (Å²) in [5.41, 5.74) is -0.112. The van der Waals surface area contributed by atoms with E-state index in [9.17, 15) is 25.0 Å². The molecule has 0 spiro atoms. The summed E-state index contributed by atoms with van der Waals surface area (Å²) in [6.45, 7) is -0.00996. The van der Waals surface area contributed by atoms with Gasteiger partial charge >= 0.3 is 5.97 Å². The summed E-state index contributed by atoms with van der Waals surface area (Å²) in [6.07, 6.45) is 0.762. The van der Waals surface area contributed by atoms with Crippen LogP contribution in [-0.2, 0) is 9.57 Å². The fourth-order valence-corrected chi connectivity index (χ4v) is 1.34. The number of hydrogen-bond acceptors (Lipinski definition) is 7. The SMILES string of the molecule is O=C(OCCCCO[N+](=O)[O-])c1cccc([N+](=O)[O-])c1. The fraction of sp³-hybridized carbons (Fsp3) is 0.364. The zero-order valence-corrected chi connectivity index (χ0v) is 10.4. The van der Waals surface area contributed by atoms with E-state index in [2.05, 4.69) is 4.84 Å². The lowest BCUT2D eigenvalue weighted by atomic mass is 10.2. The number of hydrogen-bond donors (Lipinski definition) is 0. The number of esters is 1. The molecule has 0 amide bonds. The van der Waals surface area contributed by atoms with Gasteiger partial charge in [-0.25, -0.2) is 4.79 Å². The standard InChI is InChI=1S/C11H12N2O7/c14-11(19-6-1-2-7-20-13(17)18)9-4-3-5-10(8-9)12(15)16/h3-5,8H,1-2,6-7H2. The summed E-state index contributed by atoms with van der Waals surface area (Å²) in [5, 5.41) is 19.5. The molecular formula is C11H12N2O7. The largest absolute Gasteiger partial charge is 0.462 e. The first kappa shape index (κ1) is 15.3. The predicted octanol–water partition coefficient (Wildman–Crippen LogP) is 1.74. The lowest BCUT2D eigenvalue weighted by molar-refractivity contribution is -0.757. The van der Waals surface area contributed by atoms with Crippen molar-refractivity contribution in [3.63, 3.8) is 0 Å². The summed E-state index contributed by atoms with van der Waals surface area (Å²) in [5.74, 6) is -0.677. The Morgan fingerprint density at radius 3 is 2.50 bits per heavy atom. The number of non-ortho nitro benzene ring substituents is 1. The van der Waals surface area contributed by atoms with Crippen LogP contribution in [0.3, 0.4) is 0 Å². The van der Waals surface area contributed by atoms with Gasteiger partial charge in [-0.05, 0) is 18.9 Å². The van der Waals surface area contributed by atoms with Gasteiger partial charge in [0, 0.05) is 12.1 Å². The third-order valence-electron chi connectivity index (χ3n) is 2.26. The monoisotopic (exact) mass is 284 g/mol. The van der Waals surface area contributed by atoms with Crippen LogP contribution in [0.15, 0.2) is 24.3 Å². The molecule has 0 radical (unpaired) electrons. The number of nitro groups is 1. The second kappa shape index (κ2) is 7.67. The van der Waals surface area contributed by atoms with Gasteiger partial charge in [-0.3, -0.25) is 10.1 Å². The van der Waals surface area contributed by atoms with E-state index in [1.165, 1.54) is 18.2 Å². The molecule has 1 aromatic carbocycles. The molecule has 0 bridgehead atoms. The van der Waals surface area contributed by atoms with Gasteiger partial charge in [-0.1, -0.05) is 6.07 Å². The van der Waals surface area contributed by atoms with Gasteiger partial charge in [0.25, 0.3) is 10.8 Å². The minimum Gasteiger partial charge on any atom is -0.462 e. The smallest absolute Gasteiger partial charge is 0.338 e. The lowest BCUT2D eigenvalue weighted by Crippen LogP contribution is -2.08. The summed E-state index contributed by atoms with van der Waals surface area (Å²) in [4.78, 5) is 35.5. The average molecular weight is 284 g/mol. The van der Waals surface area contributed by atoms with Crippen molar-refractivity contribution >= 4 is 11.7 Å². The number of nitro benzene ring substituents is 1. The van der Waals surface area contributed by atoms with Crippen LogP contribution in [0.5, 0.6) is 0 Å². The van der Waals surface area contributed by atoms with E-state index in [1.807, 2.05) is 0 Å². The van der Waals surface area contributed by atoms with Crippen molar-refractivity contribution in [1.29, 1.82) is 0 Å². The number of rotatable bonds is 8. The second-order valence-corrected chi connectivity index (χ2v) is 3.71. The van der Waals surface area contributed by atoms with Crippen LogP contribution in [0, 0.1) is 20.2 Å². The normalized spacial score (nSPS) is 9.80. The zero-order valence-electron chi connectivity index (χ0n) is 10.4. The Balaban J connectivity index is 2.34. The molecule has 0 atom stereocenters. The highest BCUT2D eigenvalue weighted by Crippen LogP contribution is 2.13. The maximum absolute atomic E-state index is 11.6. The van der Waals surface area contributed by atoms with Crippen molar-refractivity contribution < 1.29 is 24.4 Å². The molecule has 20 heavy (non-hydrogen) atoms. The maximum Gasteiger partial charge on any atom is 0.338 e. The molecule has 9 heteroatoms. The number of unbranched alkanes of at least 4 members (excludes halogenated alkanes) is 1. The van der Waals surface area contributed by atoms with Crippen LogP contribution < -0.4 is 0 Å². The first-order chi connectivity index (χ1) is 9.50. The van der Waals surface area contributed by atoms with E-state index in [0.29, 0.717) is 12.8 Å². The number of ether oxygens (including phenoxy) is 1. The first-order valence-electron chi connectivity index (χ1n) is 5.69. The quantitative estimate of drug-likeness (QED) is 0.308. The summed E-state index contributed by atoms with van der Waals surface area (Å²) in [7, 11) is 0. The molecule has 0 N–H and O–H groups in total. The van der Waals surface area contributed by atoms with E-state index in [1.54, 1.807) is 0 Å². The number of benzene rings is 1. The van der Waals surface area contributed by atoms with Crippen molar-refractivity contribution in [2.45, 2.75) is 12.8 Å². The van der Waals surface area contributed by atoms with E-state index >= 15 is 0 Å². The molecule has 1 rings (SSSR count). The molecule has 108 valence electrons. The molecule has 0 aliphatic rings. The van der Waals surface area contributed by atoms with Crippen LogP contribution in [0.4, 0.5) is 5.69 Å². The Morgan fingerprint density at radius 1 is 1.15 bits per heavy atom. The first-order valence-corrected chi connectivity index (χ1v) is 5.69. The fourth-order valence-electron chi connectivity index (χ4n) is 1.34. The van der Waals surface area contributed by atoms with Crippen molar-refractivity contribution in [2.24, 2.45) is 0 Å². The molecule has 0 saturated heterocycles. The van der Waals surface area contributed by atoms with E-state index in [4.69, 9.17) is 4.74 Å². The maximum atomic E-state index is 11.6. The Kier molecular flexibility index (Phi) is 5.88. The van der Waals surface area contributed by atoms with Gasteiger partial charge < -0.3 is 9.57 Å². The molecule has 0 saturated carbocycles. The molecular weight excluding hydrogens is 272 g/mol. The van der Waals surface area contributed by atoms with Gasteiger partial charge in [0.15, 0.2) is 0 Å². The van der Waals surface area contributed by atoms with Gasteiger partial charge in [-0.2, -0.15) is 0 Å². The highest BCUT2D eigenvalue weighted by molar-refractivity contribution is 5.90. The van der Waals surface area contributed by atoms with Gasteiger partial charge in [0.2, 0.25) is 0 Å². The van der Waals surface area contributed by atoms with E-state index in [-0.39, 0.29) is 24.5 Å². The molecule has 0 aromatic heterocycles. The molecule has 0 aliphatic heterocycles. The van der Waals surface area contributed by atoms with Crippen LogP contribution in [0.25, 0.3) is 0 Å². The van der Waals surface area contributed by atoms with E-state index < -0.39 is 16.0 Å². The van der Waals surface area contributed by atoms with E-state index in [0.717, 1.165) is 6.07 Å². The molecule has 1 aromatic rings. The summed E-state index contributed by atoms with van der Waals surface area (Å²) >= 11 is 0. The Hall–Kier alpha value is -2.71. The van der Waals surface area contributed by atoms with Gasteiger partial charge in [-0.15, -0.1) is 10.1 Å². The molecule has 0 aliphatic carbocycles. The molecule has 0 fully saturated rings. The Bertz CT molecular complexity index is 503. The number of carbonyl (C=O) groups is 1. The Morgan fingerprint density at radius 2 is 1.85 bits per heavy atom. The van der Waals surface area contributed by atoms with Crippen LogP contribution in [-0.4, -0.2) is 29.2 Å². The van der Waals surface area contributed by atoms with Crippen molar-refractivity contribution in [3.8, 4) is 0 Å². The van der Waals surface area contributed by atoms with Crippen molar-refractivity contribution in [2.75, 3.05) is 13.2 Å². The molecule has 0 unspecified atom stereocenters. The summed E-state index contributed by atoms with van der Waals surface area (Å²) in [6, 6.07) is 5.19. The van der Waals surface area contributed by atoms with Crippen LogP contribution in [0.1, 0.15) is 23.2 Å². The third kappa shape index (κ3) is 5.29. The van der Waals surface area contributed by atoms with Crippen molar-refractivity contribution in [1.82, 2.24) is 0 Å². The minimum atomic E-state index is -0.894. The molecule has 9 nitrogen and oxygen atoms in total. The highest BCUT2D eigenvalue weighted by atomic mass is 16.9. The third-order valence-corrected chi connectivity index (χ3v) is 2.26. The van der Waals surface area contributed by atoms with Crippen LogP contribution >= 0.6 is 0 Å². The predicted molar refractivity (Wildman–Crippen MR) is 65.6 cm³/mol. The average Bonchev–Trinajstić information content (AvgIpc) is 2.42. The van der Waals surface area contributed by atoms with Gasteiger partial charge in [0.05, 0.1) is 23.7 Å². The Labute approximate surface area is 113 Å². The lowest BCUT2D eigenvalue weighted by Gasteiger charge is -2.04. The zero-order chi connectivity index (χ0) is 15.0.